The van der Waals surface area contributed by atoms with Gasteiger partial charge in [0.1, 0.15) is 23.7 Å². The molecule has 3 aliphatic rings. The van der Waals surface area contributed by atoms with Crippen LogP contribution >= 0.6 is 0 Å². The molecule has 2 aromatic rings. The van der Waals surface area contributed by atoms with Gasteiger partial charge in [0, 0.05) is 31.5 Å². The third-order valence-electron chi connectivity index (χ3n) is 6.72. The third kappa shape index (κ3) is 4.13. The Balaban J connectivity index is 1.11. The van der Waals surface area contributed by atoms with Crippen LogP contribution in [0.25, 0.3) is 0 Å². The summed E-state index contributed by atoms with van der Waals surface area (Å²) in [5.74, 6) is 1.29. The molecule has 31 heavy (non-hydrogen) atoms. The molecule has 0 radical (unpaired) electrons. The van der Waals surface area contributed by atoms with E-state index in [0.717, 1.165) is 31.5 Å². The third-order valence-corrected chi connectivity index (χ3v) is 6.72. The molecule has 1 spiro atoms. The van der Waals surface area contributed by atoms with E-state index in [1.165, 1.54) is 0 Å². The van der Waals surface area contributed by atoms with Crippen LogP contribution in [0, 0.1) is 5.41 Å². The first-order valence-corrected chi connectivity index (χ1v) is 10.9. The van der Waals surface area contributed by atoms with E-state index in [2.05, 4.69) is 25.2 Å². The molecule has 3 heterocycles. The Morgan fingerprint density at radius 3 is 2.68 bits per heavy atom. The van der Waals surface area contributed by atoms with E-state index in [0.29, 0.717) is 49.4 Å². The van der Waals surface area contributed by atoms with Crippen molar-refractivity contribution < 1.29 is 13.9 Å². The highest BCUT2D eigenvalue weighted by Crippen LogP contribution is 2.57. The second-order valence-electron chi connectivity index (χ2n) is 9.02. The summed E-state index contributed by atoms with van der Waals surface area (Å²) in [5, 5.41) is 3.44. The predicted octanol–water partition coefficient (Wildman–Crippen LogP) is 2.71. The monoisotopic (exact) mass is 426 g/mol. The minimum Gasteiger partial charge on any atom is -0.474 e. The van der Waals surface area contributed by atoms with E-state index in [4.69, 9.17) is 10.5 Å². The average Bonchev–Trinajstić information content (AvgIpc) is 2.71. The Bertz CT molecular complexity index is 951. The van der Waals surface area contributed by atoms with E-state index >= 15 is 0 Å². The molecule has 8 nitrogen and oxygen atoms in total. The maximum absolute atomic E-state index is 13.4. The van der Waals surface area contributed by atoms with Crippen molar-refractivity contribution in [3.05, 3.63) is 36.2 Å². The van der Waals surface area contributed by atoms with Crippen LogP contribution in [-0.4, -0.2) is 52.3 Å². The normalized spacial score (nSPS) is 28.0. The Kier molecular flexibility index (Phi) is 5.11. The molecule has 2 aromatic heterocycles. The number of hydrogen-bond acceptors (Lipinski definition) is 7. The van der Waals surface area contributed by atoms with Crippen molar-refractivity contribution in [2.45, 2.75) is 56.8 Å². The van der Waals surface area contributed by atoms with Crippen molar-refractivity contribution in [1.29, 1.82) is 0 Å². The number of carbonyl (C=O) groups excluding carboxylic acids is 1. The molecular formula is C22H27FN6O2. The number of nitrogens with zero attached hydrogens (tertiary/aromatic N) is 4. The maximum Gasteiger partial charge on any atom is 0.254 e. The predicted molar refractivity (Wildman–Crippen MR) is 114 cm³/mol. The lowest BCUT2D eigenvalue weighted by Crippen LogP contribution is -2.56. The van der Waals surface area contributed by atoms with Gasteiger partial charge in [-0.1, -0.05) is 0 Å². The van der Waals surface area contributed by atoms with Crippen LogP contribution in [0.1, 0.15) is 48.9 Å². The number of ether oxygens (including phenoxy) is 1. The number of alkyl halides is 1. The van der Waals surface area contributed by atoms with Crippen molar-refractivity contribution >= 4 is 17.7 Å². The molecule has 3 N–H and O–H groups in total. The zero-order valence-electron chi connectivity index (χ0n) is 17.3. The van der Waals surface area contributed by atoms with Gasteiger partial charge in [0.2, 0.25) is 11.8 Å². The van der Waals surface area contributed by atoms with E-state index < -0.39 is 12.1 Å². The molecule has 0 atom stereocenters. The number of nitrogens with one attached hydrogen (secondary N) is 1. The lowest BCUT2D eigenvalue weighted by atomic mass is 9.53. The van der Waals surface area contributed by atoms with Crippen LogP contribution in [0.15, 0.2) is 30.6 Å². The molecule has 9 heteroatoms. The molecule has 1 amide bonds. The lowest BCUT2D eigenvalue weighted by molar-refractivity contribution is -0.0760. The topological polar surface area (TPSA) is 106 Å². The van der Waals surface area contributed by atoms with Gasteiger partial charge in [-0.15, -0.1) is 0 Å². The van der Waals surface area contributed by atoms with Crippen LogP contribution in [-0.2, 0) is 0 Å². The van der Waals surface area contributed by atoms with Crippen molar-refractivity contribution in [3.8, 4) is 5.88 Å². The van der Waals surface area contributed by atoms with E-state index in [1.807, 2.05) is 6.07 Å². The molecule has 0 unspecified atom stereocenters. The highest BCUT2D eigenvalue weighted by Gasteiger charge is 2.54. The first-order chi connectivity index (χ1) is 15.0. The molecule has 2 aliphatic carbocycles. The number of amides is 1. The summed E-state index contributed by atoms with van der Waals surface area (Å²) in [6.07, 6.45) is 7.81. The summed E-state index contributed by atoms with van der Waals surface area (Å²) >= 11 is 0. The highest BCUT2D eigenvalue weighted by atomic mass is 19.1. The summed E-state index contributed by atoms with van der Waals surface area (Å²) in [7, 11) is 0. The summed E-state index contributed by atoms with van der Waals surface area (Å²) in [5.41, 5.74) is 6.00. The summed E-state index contributed by atoms with van der Waals surface area (Å²) < 4.78 is 19.3. The number of primary amides is 1. The summed E-state index contributed by atoms with van der Waals surface area (Å²) in [6, 6.07) is 5.54. The lowest BCUT2D eigenvalue weighted by Gasteiger charge is -2.57. The number of nitrogens with two attached hydrogens (primary N) is 1. The second-order valence-corrected chi connectivity index (χ2v) is 9.02. The summed E-state index contributed by atoms with van der Waals surface area (Å²) in [6.45, 7) is 1.39. The molecule has 1 saturated heterocycles. The Labute approximate surface area is 180 Å². The smallest absolute Gasteiger partial charge is 0.254 e. The van der Waals surface area contributed by atoms with Gasteiger partial charge in [-0.05, 0) is 62.1 Å². The van der Waals surface area contributed by atoms with Crippen LogP contribution in [0.4, 0.5) is 16.2 Å². The fourth-order valence-electron chi connectivity index (χ4n) is 5.10. The van der Waals surface area contributed by atoms with Gasteiger partial charge in [-0.3, -0.25) is 4.79 Å². The molecular weight excluding hydrogens is 399 g/mol. The summed E-state index contributed by atoms with van der Waals surface area (Å²) in [4.78, 5) is 26.8. The average molecular weight is 426 g/mol. The largest absolute Gasteiger partial charge is 0.474 e. The van der Waals surface area contributed by atoms with Crippen LogP contribution < -0.4 is 20.7 Å². The Hall–Kier alpha value is -2.97. The van der Waals surface area contributed by atoms with Gasteiger partial charge in [-0.2, -0.15) is 4.98 Å². The van der Waals surface area contributed by atoms with Crippen molar-refractivity contribution in [2.24, 2.45) is 11.1 Å². The van der Waals surface area contributed by atoms with Gasteiger partial charge in [0.25, 0.3) is 5.91 Å². The van der Waals surface area contributed by atoms with E-state index in [1.54, 1.807) is 24.5 Å². The number of aromatic nitrogens is 3. The number of halogens is 1. The minimum absolute atomic E-state index is 0.0620. The van der Waals surface area contributed by atoms with Crippen LogP contribution in [0.3, 0.4) is 0 Å². The van der Waals surface area contributed by atoms with Crippen LogP contribution in [0.5, 0.6) is 5.88 Å². The molecule has 164 valence electrons. The minimum atomic E-state index is -0.697. The molecule has 5 rings (SSSR count). The van der Waals surface area contributed by atoms with E-state index in [9.17, 15) is 9.18 Å². The number of rotatable bonds is 6. The fourth-order valence-corrected chi connectivity index (χ4v) is 5.10. The molecule has 0 bridgehead atoms. The Morgan fingerprint density at radius 2 is 1.94 bits per heavy atom. The number of piperidine rings is 1. The number of pyridine rings is 1. The van der Waals surface area contributed by atoms with Gasteiger partial charge < -0.3 is 20.7 Å². The van der Waals surface area contributed by atoms with Crippen molar-refractivity contribution in [1.82, 2.24) is 15.0 Å². The highest BCUT2D eigenvalue weighted by molar-refractivity contribution is 5.94. The SMILES string of the molecule is NC(=O)c1cccnc1OC1CC2(CC(Nc3nccc(N4CCC(F)CC4)n3)C2)C1. The standard InChI is InChI=1S/C22H27FN6O2/c23-14-4-8-29(9-5-14)18-3-7-26-21(28-18)27-15-10-22(11-15)12-16(13-22)31-20-17(19(24)30)2-1-6-25-20/h1-3,6-7,14-16H,4-5,8-13H2,(H2,24,30)(H,26,27,28). The molecule has 0 aromatic carbocycles. The number of anilines is 2. The number of hydrogen-bond donors (Lipinski definition) is 2. The zero-order valence-corrected chi connectivity index (χ0v) is 17.3. The fraction of sp³-hybridized carbons (Fsp3) is 0.545. The van der Waals surface area contributed by atoms with Crippen molar-refractivity contribution in [2.75, 3.05) is 23.3 Å². The molecule has 1 aliphatic heterocycles. The molecule has 3 fully saturated rings. The Morgan fingerprint density at radius 1 is 1.16 bits per heavy atom. The zero-order chi connectivity index (χ0) is 21.4. The first kappa shape index (κ1) is 20.0. The van der Waals surface area contributed by atoms with Gasteiger partial charge >= 0.3 is 0 Å². The van der Waals surface area contributed by atoms with Crippen LogP contribution in [0.2, 0.25) is 0 Å². The van der Waals surface area contributed by atoms with Gasteiger partial charge in [0.15, 0.2) is 0 Å². The van der Waals surface area contributed by atoms with E-state index in [-0.39, 0.29) is 11.5 Å². The number of carbonyl (C=O) groups is 1. The van der Waals surface area contributed by atoms with Gasteiger partial charge in [0.05, 0.1) is 0 Å². The molecule has 2 saturated carbocycles. The quantitative estimate of drug-likeness (QED) is 0.731. The van der Waals surface area contributed by atoms with Crippen molar-refractivity contribution in [3.63, 3.8) is 0 Å². The first-order valence-electron chi connectivity index (χ1n) is 10.9. The van der Waals surface area contributed by atoms with Gasteiger partial charge in [-0.25, -0.2) is 14.4 Å². The second kappa shape index (κ2) is 7.94. The maximum atomic E-state index is 13.4.